The van der Waals surface area contributed by atoms with E-state index in [2.05, 4.69) is 45.9 Å². The molecule has 0 nitrogen and oxygen atoms in total. The van der Waals surface area contributed by atoms with E-state index in [0.29, 0.717) is 0 Å². The van der Waals surface area contributed by atoms with E-state index in [0.717, 1.165) is 5.92 Å². The Kier molecular flexibility index (Phi) is 10.5. The summed E-state index contributed by atoms with van der Waals surface area (Å²) < 4.78 is 3.69. The standard InChI is InChI=1S/C13H21.C5H5.2ClH.Zr/c1-5-10-9-11(6-2)13(8-4)12(10)7-3;1-2-4-5-3-1;;;/h10H,5-8H2,1-4H3;1-3H,4H2;2*1H;. The van der Waals surface area contributed by atoms with Gasteiger partial charge in [0.15, 0.2) is 0 Å². The summed E-state index contributed by atoms with van der Waals surface area (Å²) >= 11 is -0.514. The van der Waals surface area contributed by atoms with E-state index in [1.54, 1.807) is 20.0 Å². The van der Waals surface area contributed by atoms with Gasteiger partial charge in [0.1, 0.15) is 0 Å². The molecule has 0 heterocycles. The fourth-order valence-electron chi connectivity index (χ4n) is 3.58. The Hall–Kier alpha value is 0.423. The Morgan fingerprint density at radius 1 is 1.00 bits per heavy atom. The largest absolute Gasteiger partial charge is 0.147 e. The van der Waals surface area contributed by atoms with Crippen LogP contribution in [-0.2, 0) is 23.2 Å². The molecular formula is C18H28Cl2Zr. The van der Waals surface area contributed by atoms with Crippen molar-refractivity contribution in [2.75, 3.05) is 0 Å². The summed E-state index contributed by atoms with van der Waals surface area (Å²) in [5, 5.41) is 0. The summed E-state index contributed by atoms with van der Waals surface area (Å²) in [6, 6.07) is 0. The first kappa shape index (κ1) is 21.4. The summed E-state index contributed by atoms with van der Waals surface area (Å²) in [6.45, 7) is 9.44. The zero-order valence-electron chi connectivity index (χ0n) is 13.7. The van der Waals surface area contributed by atoms with Gasteiger partial charge in [-0.25, -0.2) is 0 Å². The fourth-order valence-corrected chi connectivity index (χ4v) is 7.95. The average molecular weight is 407 g/mol. The Morgan fingerprint density at radius 3 is 2.10 bits per heavy atom. The van der Waals surface area contributed by atoms with Crippen LogP contribution >= 0.6 is 24.8 Å². The second-order valence-electron chi connectivity index (χ2n) is 5.37. The second-order valence-corrected chi connectivity index (χ2v) is 8.88. The molecule has 0 aromatic carbocycles. The van der Waals surface area contributed by atoms with Crippen molar-refractivity contribution in [1.29, 1.82) is 0 Å². The number of hydrogen-bond acceptors (Lipinski definition) is 0. The molecule has 0 aromatic heterocycles. The third-order valence-corrected chi connectivity index (χ3v) is 8.37. The Morgan fingerprint density at radius 2 is 1.67 bits per heavy atom. The van der Waals surface area contributed by atoms with Crippen LogP contribution < -0.4 is 0 Å². The number of allylic oxidation sites excluding steroid dienone is 8. The van der Waals surface area contributed by atoms with Crippen LogP contribution in [0.5, 0.6) is 0 Å². The van der Waals surface area contributed by atoms with E-state index < -0.39 is 23.2 Å². The van der Waals surface area contributed by atoms with Gasteiger partial charge in [0, 0.05) is 0 Å². The minimum atomic E-state index is -0.514. The van der Waals surface area contributed by atoms with Crippen molar-refractivity contribution in [2.24, 2.45) is 5.92 Å². The first-order valence-corrected chi connectivity index (χ1v) is 10.3. The smallest absolute Gasteiger partial charge is 0.147 e. The zero-order chi connectivity index (χ0) is 13.8. The van der Waals surface area contributed by atoms with Crippen LogP contribution in [0.25, 0.3) is 0 Å². The molecular weight excluding hydrogens is 378 g/mol. The van der Waals surface area contributed by atoms with E-state index in [1.165, 1.54) is 32.1 Å². The molecule has 3 heteroatoms. The summed E-state index contributed by atoms with van der Waals surface area (Å²) in [5.74, 6) is 0.808. The maximum absolute atomic E-state index is 2.40. The molecule has 0 aromatic rings. The van der Waals surface area contributed by atoms with Crippen LogP contribution in [0.3, 0.4) is 0 Å². The van der Waals surface area contributed by atoms with Gasteiger partial charge in [0.2, 0.25) is 0 Å². The van der Waals surface area contributed by atoms with Crippen molar-refractivity contribution < 1.29 is 23.2 Å². The molecule has 0 radical (unpaired) electrons. The molecule has 118 valence electrons. The average Bonchev–Trinajstić information content (AvgIpc) is 3.03. The maximum atomic E-state index is 2.40. The van der Waals surface area contributed by atoms with Gasteiger partial charge in [-0.2, -0.15) is 0 Å². The molecule has 2 aliphatic rings. The van der Waals surface area contributed by atoms with Crippen LogP contribution in [-0.4, -0.2) is 0 Å². The summed E-state index contributed by atoms with van der Waals surface area (Å²) in [5.41, 5.74) is 5.29. The Labute approximate surface area is 154 Å². The second kappa shape index (κ2) is 10.2. The first-order chi connectivity index (χ1) is 9.26. The molecule has 1 atom stereocenters. The van der Waals surface area contributed by atoms with Gasteiger partial charge in [0.05, 0.1) is 0 Å². The molecule has 2 aliphatic carbocycles. The van der Waals surface area contributed by atoms with Crippen LogP contribution in [0.15, 0.2) is 41.5 Å². The quantitative estimate of drug-likeness (QED) is 0.467. The Balaban J connectivity index is 0.00000200. The van der Waals surface area contributed by atoms with Gasteiger partial charge in [-0.05, 0) is 0 Å². The summed E-state index contributed by atoms with van der Waals surface area (Å²) in [4.78, 5) is 0. The van der Waals surface area contributed by atoms with E-state index in [9.17, 15) is 0 Å². The van der Waals surface area contributed by atoms with Crippen molar-refractivity contribution >= 4 is 24.8 Å². The normalized spacial score (nSPS) is 20.4. The molecule has 21 heavy (non-hydrogen) atoms. The van der Waals surface area contributed by atoms with Crippen molar-refractivity contribution in [3.63, 3.8) is 0 Å². The molecule has 0 amide bonds. The van der Waals surface area contributed by atoms with Gasteiger partial charge in [0.25, 0.3) is 0 Å². The molecule has 1 unspecified atom stereocenters. The Bertz CT molecular complexity index is 470. The van der Waals surface area contributed by atoms with E-state index in [-0.39, 0.29) is 24.8 Å². The van der Waals surface area contributed by atoms with Crippen LogP contribution in [0.1, 0.15) is 59.8 Å². The first-order valence-electron chi connectivity index (χ1n) is 7.84. The summed E-state index contributed by atoms with van der Waals surface area (Å²) in [6.07, 6.45) is 13.3. The molecule has 2 rings (SSSR count). The molecule has 0 saturated heterocycles. The number of halogens is 2. The topological polar surface area (TPSA) is 0 Å². The van der Waals surface area contributed by atoms with Crippen LogP contribution in [0.4, 0.5) is 0 Å². The van der Waals surface area contributed by atoms with Gasteiger partial charge < -0.3 is 0 Å². The van der Waals surface area contributed by atoms with Gasteiger partial charge in [-0.15, -0.1) is 24.8 Å². The molecule has 0 N–H and O–H groups in total. The number of hydrogen-bond donors (Lipinski definition) is 0. The molecule has 0 spiro atoms. The zero-order valence-corrected chi connectivity index (χ0v) is 17.8. The van der Waals surface area contributed by atoms with E-state index >= 15 is 0 Å². The molecule has 0 bridgehead atoms. The molecule has 0 fully saturated rings. The van der Waals surface area contributed by atoms with Crippen molar-refractivity contribution in [3.05, 3.63) is 41.5 Å². The third-order valence-electron chi connectivity index (χ3n) is 4.41. The number of rotatable bonds is 6. The monoisotopic (exact) mass is 404 g/mol. The SMILES string of the molecule is CCC1=C(CC)C(CC)[C]([Zr][C]2=CC=CC2)=C1CC.Cl.Cl. The molecule has 0 saturated carbocycles. The van der Waals surface area contributed by atoms with Gasteiger partial charge >= 0.3 is 130 Å². The van der Waals surface area contributed by atoms with Crippen LogP contribution in [0, 0.1) is 5.92 Å². The van der Waals surface area contributed by atoms with Crippen molar-refractivity contribution in [3.8, 4) is 0 Å². The van der Waals surface area contributed by atoms with Gasteiger partial charge in [-0.1, -0.05) is 0 Å². The summed E-state index contributed by atoms with van der Waals surface area (Å²) in [7, 11) is 0. The van der Waals surface area contributed by atoms with E-state index in [1.807, 2.05) is 3.28 Å². The maximum Gasteiger partial charge on any atom is -0.147 e. The minimum Gasteiger partial charge on any atom is -0.147 e. The van der Waals surface area contributed by atoms with Gasteiger partial charge in [-0.3, -0.25) is 0 Å². The third kappa shape index (κ3) is 4.46. The van der Waals surface area contributed by atoms with Crippen molar-refractivity contribution in [1.82, 2.24) is 0 Å². The fraction of sp³-hybridized carbons (Fsp3) is 0.556. The van der Waals surface area contributed by atoms with Crippen LogP contribution in [0.2, 0.25) is 0 Å². The minimum absolute atomic E-state index is 0. The predicted molar refractivity (Wildman–Crippen MR) is 95.0 cm³/mol. The predicted octanol–water partition coefficient (Wildman–Crippen LogP) is 6.58. The molecule has 0 aliphatic heterocycles. The van der Waals surface area contributed by atoms with E-state index in [4.69, 9.17) is 0 Å². The van der Waals surface area contributed by atoms with Crippen molar-refractivity contribution in [2.45, 2.75) is 59.8 Å².